The van der Waals surface area contributed by atoms with E-state index in [0.29, 0.717) is 12.0 Å². The van der Waals surface area contributed by atoms with E-state index < -0.39 is 0 Å². The summed E-state index contributed by atoms with van der Waals surface area (Å²) in [6.45, 7) is 1.18. The molecule has 2 rings (SSSR count). The number of nitrogens with one attached hydrogen (secondary N) is 1. The number of hydrogen-bond acceptors (Lipinski definition) is 4. The molecule has 21 heavy (non-hydrogen) atoms. The first-order valence-corrected chi connectivity index (χ1v) is 7.13. The van der Waals surface area contributed by atoms with E-state index in [1.165, 1.54) is 17.8 Å². The van der Waals surface area contributed by atoms with Gasteiger partial charge in [-0.3, -0.25) is 14.2 Å². The monoisotopic (exact) mass is 294 g/mol. The third kappa shape index (κ3) is 3.41. The van der Waals surface area contributed by atoms with Crippen LogP contribution < -0.4 is 16.6 Å². The van der Waals surface area contributed by atoms with Gasteiger partial charge in [0, 0.05) is 39.8 Å². The van der Waals surface area contributed by atoms with Gasteiger partial charge in [0.2, 0.25) is 5.91 Å². The van der Waals surface area contributed by atoms with Crippen molar-refractivity contribution in [3.8, 4) is 0 Å². The molecule has 0 spiro atoms. The van der Waals surface area contributed by atoms with E-state index in [1.807, 2.05) is 0 Å². The van der Waals surface area contributed by atoms with Gasteiger partial charge in [-0.25, -0.2) is 4.79 Å². The fraction of sp³-hybridized carbons (Fsp3) is 0.643. The van der Waals surface area contributed by atoms with Gasteiger partial charge in [0.1, 0.15) is 0 Å². The van der Waals surface area contributed by atoms with E-state index in [0.717, 1.165) is 24.0 Å². The second kappa shape index (κ2) is 6.26. The number of amides is 1. The third-order valence-electron chi connectivity index (χ3n) is 3.93. The van der Waals surface area contributed by atoms with Crippen LogP contribution in [0, 0.1) is 0 Å². The second-order valence-corrected chi connectivity index (χ2v) is 5.66. The molecule has 7 heteroatoms. The standard InChI is InChI=1S/C14H22N4O3/c1-16(12(19)7-11-5-4-6-15-11)8-10-9-17(2)14(21)18(3)13(10)20/h9,11,15H,4-8H2,1-3H3. The number of aromatic nitrogens is 2. The number of nitrogens with zero attached hydrogens (tertiary/aromatic N) is 3. The molecule has 1 saturated heterocycles. The molecule has 7 nitrogen and oxygen atoms in total. The summed E-state index contributed by atoms with van der Waals surface area (Å²) in [6, 6.07) is 0.239. The van der Waals surface area contributed by atoms with Crippen LogP contribution in [0.2, 0.25) is 0 Å². The molecule has 2 heterocycles. The van der Waals surface area contributed by atoms with Crippen LogP contribution in [0.25, 0.3) is 0 Å². The minimum absolute atomic E-state index is 0.00491. The topological polar surface area (TPSA) is 76.3 Å². The molecule has 0 radical (unpaired) electrons. The minimum atomic E-state index is -0.368. The number of hydrogen-bond donors (Lipinski definition) is 1. The first kappa shape index (κ1) is 15.5. The third-order valence-corrected chi connectivity index (χ3v) is 3.93. The zero-order chi connectivity index (χ0) is 15.6. The Morgan fingerprint density at radius 1 is 1.43 bits per heavy atom. The van der Waals surface area contributed by atoms with E-state index in [9.17, 15) is 14.4 Å². The average Bonchev–Trinajstić information content (AvgIpc) is 2.95. The summed E-state index contributed by atoms with van der Waals surface area (Å²) in [5.74, 6) is 0.00491. The molecule has 0 bridgehead atoms. The van der Waals surface area contributed by atoms with Gasteiger partial charge in [-0.1, -0.05) is 0 Å². The maximum absolute atomic E-state index is 12.2. The molecule has 1 atom stereocenters. The van der Waals surface area contributed by atoms with Crippen molar-refractivity contribution in [3.63, 3.8) is 0 Å². The predicted octanol–water partition coefficient (Wildman–Crippen LogP) is -0.815. The smallest absolute Gasteiger partial charge is 0.330 e. The maximum Gasteiger partial charge on any atom is 0.330 e. The second-order valence-electron chi connectivity index (χ2n) is 5.66. The van der Waals surface area contributed by atoms with E-state index >= 15 is 0 Å². The van der Waals surface area contributed by atoms with E-state index in [4.69, 9.17) is 0 Å². The molecule has 0 aromatic carbocycles. The Hall–Kier alpha value is -1.89. The molecule has 1 amide bonds. The summed E-state index contributed by atoms with van der Waals surface area (Å²) in [4.78, 5) is 37.4. The molecule has 1 aromatic rings. The van der Waals surface area contributed by atoms with Gasteiger partial charge in [-0.2, -0.15) is 0 Å². The first-order chi connectivity index (χ1) is 9.90. The fourth-order valence-corrected chi connectivity index (χ4v) is 2.63. The van der Waals surface area contributed by atoms with Gasteiger partial charge in [-0.15, -0.1) is 0 Å². The van der Waals surface area contributed by atoms with Gasteiger partial charge >= 0.3 is 5.69 Å². The van der Waals surface area contributed by atoms with Crippen LogP contribution in [-0.4, -0.2) is 39.6 Å². The van der Waals surface area contributed by atoms with Crippen LogP contribution in [0.1, 0.15) is 24.8 Å². The van der Waals surface area contributed by atoms with Gasteiger partial charge in [0.05, 0.1) is 12.1 Å². The van der Waals surface area contributed by atoms with Crippen molar-refractivity contribution >= 4 is 5.91 Å². The molecule has 1 N–H and O–H groups in total. The van der Waals surface area contributed by atoms with Crippen molar-refractivity contribution in [2.24, 2.45) is 14.1 Å². The highest BCUT2D eigenvalue weighted by Gasteiger charge is 2.20. The number of carbonyl (C=O) groups excluding carboxylic acids is 1. The Kier molecular flexibility index (Phi) is 4.62. The lowest BCUT2D eigenvalue weighted by atomic mass is 10.1. The Bertz CT molecular complexity index is 641. The molecule has 1 unspecified atom stereocenters. The molecule has 0 saturated carbocycles. The number of carbonyl (C=O) groups is 1. The molecule has 1 fully saturated rings. The summed E-state index contributed by atoms with van der Waals surface area (Å²) in [5, 5.41) is 3.28. The summed E-state index contributed by atoms with van der Waals surface area (Å²) >= 11 is 0. The molecular weight excluding hydrogens is 272 g/mol. The highest BCUT2D eigenvalue weighted by Crippen LogP contribution is 2.10. The zero-order valence-electron chi connectivity index (χ0n) is 12.8. The van der Waals surface area contributed by atoms with Crippen LogP contribution in [0.4, 0.5) is 0 Å². The van der Waals surface area contributed by atoms with Crippen LogP contribution in [-0.2, 0) is 25.4 Å². The summed E-state index contributed by atoms with van der Waals surface area (Å²) in [5.41, 5.74) is -0.278. The molecule has 0 aliphatic carbocycles. The van der Waals surface area contributed by atoms with Crippen molar-refractivity contribution in [1.29, 1.82) is 0 Å². The SMILES string of the molecule is CN(Cc1cn(C)c(=O)n(C)c1=O)C(=O)CC1CCCN1. The molecule has 116 valence electrons. The van der Waals surface area contributed by atoms with Crippen molar-refractivity contribution in [3.05, 3.63) is 32.6 Å². The van der Waals surface area contributed by atoms with Gasteiger partial charge < -0.3 is 14.8 Å². The van der Waals surface area contributed by atoms with Crippen molar-refractivity contribution in [2.45, 2.75) is 31.8 Å². The highest BCUT2D eigenvalue weighted by atomic mass is 16.2. The van der Waals surface area contributed by atoms with E-state index in [2.05, 4.69) is 5.32 Å². The quantitative estimate of drug-likeness (QED) is 0.787. The van der Waals surface area contributed by atoms with Crippen molar-refractivity contribution < 1.29 is 4.79 Å². The van der Waals surface area contributed by atoms with Gasteiger partial charge in [0.25, 0.3) is 5.56 Å². The lowest BCUT2D eigenvalue weighted by Crippen LogP contribution is -2.41. The predicted molar refractivity (Wildman–Crippen MR) is 79.0 cm³/mol. The van der Waals surface area contributed by atoms with Crippen LogP contribution >= 0.6 is 0 Å². The Morgan fingerprint density at radius 3 is 2.76 bits per heavy atom. The average molecular weight is 294 g/mol. The Labute approximate surface area is 123 Å². The van der Waals surface area contributed by atoms with Crippen molar-refractivity contribution in [2.75, 3.05) is 13.6 Å². The Balaban J connectivity index is 2.08. The van der Waals surface area contributed by atoms with Crippen LogP contribution in [0.3, 0.4) is 0 Å². The molecule has 1 aliphatic rings. The van der Waals surface area contributed by atoms with Gasteiger partial charge in [-0.05, 0) is 19.4 Å². The fourth-order valence-electron chi connectivity index (χ4n) is 2.63. The molecule has 1 aliphatic heterocycles. The van der Waals surface area contributed by atoms with Crippen LogP contribution in [0.15, 0.2) is 15.8 Å². The Morgan fingerprint density at radius 2 is 2.14 bits per heavy atom. The minimum Gasteiger partial charge on any atom is -0.341 e. The number of aryl methyl sites for hydroxylation is 1. The highest BCUT2D eigenvalue weighted by molar-refractivity contribution is 5.76. The lowest BCUT2D eigenvalue weighted by Gasteiger charge is -2.19. The summed E-state index contributed by atoms with van der Waals surface area (Å²) in [7, 11) is 4.72. The van der Waals surface area contributed by atoms with Crippen molar-refractivity contribution in [1.82, 2.24) is 19.4 Å². The maximum atomic E-state index is 12.2. The van der Waals surface area contributed by atoms with Crippen LogP contribution in [0.5, 0.6) is 0 Å². The number of rotatable bonds is 4. The normalized spacial score (nSPS) is 18.0. The van der Waals surface area contributed by atoms with E-state index in [-0.39, 0.29) is 29.7 Å². The first-order valence-electron chi connectivity index (χ1n) is 7.13. The lowest BCUT2D eigenvalue weighted by molar-refractivity contribution is -0.130. The zero-order valence-corrected chi connectivity index (χ0v) is 12.8. The summed E-state index contributed by atoms with van der Waals surface area (Å²) < 4.78 is 2.42. The summed E-state index contributed by atoms with van der Waals surface area (Å²) in [6.07, 6.45) is 4.06. The largest absolute Gasteiger partial charge is 0.341 e. The van der Waals surface area contributed by atoms with Gasteiger partial charge in [0.15, 0.2) is 0 Å². The van der Waals surface area contributed by atoms with E-state index in [1.54, 1.807) is 19.0 Å². The molecule has 1 aromatic heterocycles. The molecular formula is C14H22N4O3.